The summed E-state index contributed by atoms with van der Waals surface area (Å²) in [4.78, 5) is 18.7. The Balaban J connectivity index is 1.43. The van der Waals surface area contributed by atoms with Gasteiger partial charge in [-0.25, -0.2) is 9.97 Å². The van der Waals surface area contributed by atoms with E-state index < -0.39 is 5.54 Å². The number of nitrogens with zero attached hydrogens (tertiary/aromatic N) is 6. The molecule has 160 valence electrons. The molecule has 3 heterocycles. The molecule has 31 heavy (non-hydrogen) atoms. The van der Waals surface area contributed by atoms with Gasteiger partial charge in [0.1, 0.15) is 11.3 Å². The van der Waals surface area contributed by atoms with Crippen LogP contribution in [0.1, 0.15) is 61.4 Å². The molecule has 0 saturated heterocycles. The maximum absolute atomic E-state index is 6.19. The van der Waals surface area contributed by atoms with E-state index in [0.717, 1.165) is 41.1 Å². The number of benzene rings is 1. The van der Waals surface area contributed by atoms with E-state index in [1.165, 1.54) is 0 Å². The first kappa shape index (κ1) is 19.6. The van der Waals surface area contributed by atoms with Gasteiger partial charge in [0.05, 0.1) is 29.7 Å². The molecule has 9 nitrogen and oxygen atoms in total. The summed E-state index contributed by atoms with van der Waals surface area (Å²) in [5.74, 6) is 2.33. The van der Waals surface area contributed by atoms with E-state index in [0.29, 0.717) is 28.8 Å². The molecule has 0 aliphatic heterocycles. The first-order chi connectivity index (χ1) is 14.8. The SMILES string of the molecule is COc1cccc2c1nc(N)n1nc([C@H]3C[C@@H](c4cnc(C(C)(C)N)c(C)n4)C3)nc21. The van der Waals surface area contributed by atoms with Gasteiger partial charge in [-0.15, -0.1) is 5.10 Å². The molecule has 4 aromatic rings. The Kier molecular flexibility index (Phi) is 4.33. The van der Waals surface area contributed by atoms with Crippen molar-refractivity contribution < 1.29 is 4.74 Å². The molecule has 0 radical (unpaired) electrons. The van der Waals surface area contributed by atoms with Gasteiger partial charge in [-0.2, -0.15) is 4.52 Å². The molecule has 0 bridgehead atoms. The highest BCUT2D eigenvalue weighted by molar-refractivity contribution is 5.95. The van der Waals surface area contributed by atoms with Crippen molar-refractivity contribution in [2.75, 3.05) is 12.8 Å². The molecular formula is C22H26N8O. The minimum atomic E-state index is -0.502. The second-order valence-corrected chi connectivity index (χ2v) is 8.85. The summed E-state index contributed by atoms with van der Waals surface area (Å²) in [6.45, 7) is 5.85. The molecular weight excluding hydrogens is 392 g/mol. The normalized spacial score (nSPS) is 19.0. The number of nitrogen functional groups attached to an aromatic ring is 1. The quantitative estimate of drug-likeness (QED) is 0.517. The van der Waals surface area contributed by atoms with Crippen LogP contribution in [0.3, 0.4) is 0 Å². The average molecular weight is 419 g/mol. The van der Waals surface area contributed by atoms with E-state index in [1.807, 2.05) is 45.2 Å². The fourth-order valence-electron chi connectivity index (χ4n) is 4.38. The van der Waals surface area contributed by atoms with Crippen LogP contribution in [0.2, 0.25) is 0 Å². The van der Waals surface area contributed by atoms with Gasteiger partial charge < -0.3 is 16.2 Å². The molecule has 5 rings (SSSR count). The summed E-state index contributed by atoms with van der Waals surface area (Å²) in [5, 5.41) is 5.52. The minimum Gasteiger partial charge on any atom is -0.494 e. The predicted molar refractivity (Wildman–Crippen MR) is 118 cm³/mol. The lowest BCUT2D eigenvalue weighted by molar-refractivity contribution is 0.330. The number of aromatic nitrogens is 6. The lowest BCUT2D eigenvalue weighted by Gasteiger charge is -2.33. The molecule has 1 aliphatic rings. The van der Waals surface area contributed by atoms with Crippen molar-refractivity contribution in [1.82, 2.24) is 29.5 Å². The van der Waals surface area contributed by atoms with Crippen LogP contribution in [0.25, 0.3) is 16.6 Å². The average Bonchev–Trinajstić information content (AvgIpc) is 3.11. The fourth-order valence-corrected chi connectivity index (χ4v) is 4.38. The Morgan fingerprint density at radius 3 is 2.58 bits per heavy atom. The Labute approximate surface area is 179 Å². The zero-order valence-electron chi connectivity index (χ0n) is 18.1. The minimum absolute atomic E-state index is 0.248. The third kappa shape index (κ3) is 3.16. The van der Waals surface area contributed by atoms with Crippen LogP contribution in [0.15, 0.2) is 24.4 Å². The first-order valence-electron chi connectivity index (χ1n) is 10.4. The van der Waals surface area contributed by atoms with Crippen molar-refractivity contribution in [1.29, 1.82) is 0 Å². The van der Waals surface area contributed by atoms with Crippen LogP contribution in [-0.4, -0.2) is 36.7 Å². The van der Waals surface area contributed by atoms with Crippen LogP contribution in [0, 0.1) is 6.92 Å². The summed E-state index contributed by atoms with van der Waals surface area (Å²) in [6, 6.07) is 5.74. The molecule has 1 aliphatic carbocycles. The van der Waals surface area contributed by atoms with E-state index in [1.54, 1.807) is 11.6 Å². The van der Waals surface area contributed by atoms with Crippen LogP contribution in [0.4, 0.5) is 5.95 Å². The van der Waals surface area contributed by atoms with E-state index in [4.69, 9.17) is 26.2 Å². The Bertz CT molecular complexity index is 1300. The van der Waals surface area contributed by atoms with Gasteiger partial charge in [0.15, 0.2) is 11.5 Å². The third-order valence-corrected chi connectivity index (χ3v) is 6.02. The molecule has 3 aromatic heterocycles. The zero-order chi connectivity index (χ0) is 21.9. The summed E-state index contributed by atoms with van der Waals surface area (Å²) >= 11 is 0. The number of para-hydroxylation sites is 1. The summed E-state index contributed by atoms with van der Waals surface area (Å²) in [7, 11) is 1.62. The van der Waals surface area contributed by atoms with Gasteiger partial charge in [-0.3, -0.25) is 9.97 Å². The number of methoxy groups -OCH3 is 1. The molecule has 0 spiro atoms. The van der Waals surface area contributed by atoms with E-state index in [-0.39, 0.29) is 5.92 Å². The van der Waals surface area contributed by atoms with Crippen molar-refractivity contribution >= 4 is 22.5 Å². The topological polar surface area (TPSA) is 130 Å². The molecule has 9 heteroatoms. The molecule has 0 unspecified atom stereocenters. The Morgan fingerprint density at radius 1 is 1.13 bits per heavy atom. The monoisotopic (exact) mass is 418 g/mol. The Hall–Kier alpha value is -3.33. The number of fused-ring (bicyclic) bond motifs is 3. The van der Waals surface area contributed by atoms with Crippen LogP contribution >= 0.6 is 0 Å². The van der Waals surface area contributed by atoms with Crippen molar-refractivity contribution in [2.24, 2.45) is 5.73 Å². The van der Waals surface area contributed by atoms with Crippen LogP contribution < -0.4 is 16.2 Å². The Morgan fingerprint density at radius 2 is 1.90 bits per heavy atom. The molecule has 1 fully saturated rings. The van der Waals surface area contributed by atoms with Gasteiger partial charge in [0.25, 0.3) is 0 Å². The fraction of sp³-hybridized carbons (Fsp3) is 0.409. The smallest absolute Gasteiger partial charge is 0.223 e. The first-order valence-corrected chi connectivity index (χ1v) is 10.4. The van der Waals surface area contributed by atoms with Crippen molar-refractivity contribution in [2.45, 2.75) is 51.0 Å². The van der Waals surface area contributed by atoms with Crippen LogP contribution in [0.5, 0.6) is 5.75 Å². The second kappa shape index (κ2) is 6.84. The number of hydrogen-bond acceptors (Lipinski definition) is 8. The number of aryl methyl sites for hydroxylation is 1. The number of ether oxygens (including phenoxy) is 1. The molecule has 0 atom stereocenters. The predicted octanol–water partition coefficient (Wildman–Crippen LogP) is 2.82. The van der Waals surface area contributed by atoms with Gasteiger partial charge in [0.2, 0.25) is 5.95 Å². The van der Waals surface area contributed by atoms with Crippen molar-refractivity contribution in [3.63, 3.8) is 0 Å². The molecule has 1 saturated carbocycles. The lowest BCUT2D eigenvalue weighted by Crippen LogP contribution is -2.32. The maximum Gasteiger partial charge on any atom is 0.223 e. The lowest BCUT2D eigenvalue weighted by atomic mass is 9.73. The number of nitrogens with two attached hydrogens (primary N) is 2. The summed E-state index contributed by atoms with van der Waals surface area (Å²) in [5.41, 5.74) is 16.0. The van der Waals surface area contributed by atoms with Gasteiger partial charge in [-0.05, 0) is 45.7 Å². The van der Waals surface area contributed by atoms with Crippen molar-refractivity contribution in [3.8, 4) is 5.75 Å². The third-order valence-electron chi connectivity index (χ3n) is 6.02. The summed E-state index contributed by atoms with van der Waals surface area (Å²) < 4.78 is 7.04. The second-order valence-electron chi connectivity index (χ2n) is 8.85. The number of hydrogen-bond donors (Lipinski definition) is 2. The molecule has 4 N–H and O–H groups in total. The standard InChI is InChI=1S/C22H26N8O/c1-11-18(22(2,3)24)25-10-15(26-11)12-8-13(9-12)19-28-20-14-6-5-7-16(31-4)17(14)27-21(23)30(20)29-19/h5-7,10,12-13H,8-9,24H2,1-4H3,(H2,23,27)/t12-,13+. The van der Waals surface area contributed by atoms with Crippen LogP contribution in [-0.2, 0) is 5.54 Å². The maximum atomic E-state index is 6.19. The summed E-state index contributed by atoms with van der Waals surface area (Å²) in [6.07, 6.45) is 3.70. The van der Waals surface area contributed by atoms with E-state index in [2.05, 4.69) is 15.1 Å². The largest absolute Gasteiger partial charge is 0.494 e. The number of rotatable bonds is 4. The molecule has 1 aromatic carbocycles. The molecule has 0 amide bonds. The van der Waals surface area contributed by atoms with Gasteiger partial charge >= 0.3 is 0 Å². The van der Waals surface area contributed by atoms with E-state index >= 15 is 0 Å². The zero-order valence-corrected chi connectivity index (χ0v) is 18.1. The number of anilines is 1. The highest BCUT2D eigenvalue weighted by Crippen LogP contribution is 2.46. The highest BCUT2D eigenvalue weighted by Gasteiger charge is 2.36. The van der Waals surface area contributed by atoms with E-state index in [9.17, 15) is 0 Å². The van der Waals surface area contributed by atoms with Crippen molar-refractivity contribution in [3.05, 3.63) is 47.3 Å². The van der Waals surface area contributed by atoms with Gasteiger partial charge in [0, 0.05) is 23.4 Å². The highest BCUT2D eigenvalue weighted by atomic mass is 16.5. The van der Waals surface area contributed by atoms with Gasteiger partial charge in [-0.1, -0.05) is 6.07 Å².